The van der Waals surface area contributed by atoms with E-state index in [-0.39, 0.29) is 21.4 Å². The standard InChI is InChI=1S/C10H12ClNO6S2/c1-18-8(13)4-2-6(10(14)15)12-20(16,17)9-5-3-7(11)19-9/h3,5-6,12H,2,4H2,1H3,(H,14,15). The van der Waals surface area contributed by atoms with Gasteiger partial charge >= 0.3 is 11.9 Å². The first-order valence-corrected chi connectivity index (χ1v) is 8.01. The van der Waals surface area contributed by atoms with E-state index in [2.05, 4.69) is 4.74 Å². The van der Waals surface area contributed by atoms with Crippen molar-refractivity contribution < 1.29 is 27.9 Å². The van der Waals surface area contributed by atoms with Gasteiger partial charge in [0.1, 0.15) is 10.3 Å². The van der Waals surface area contributed by atoms with Crippen LogP contribution in [-0.2, 0) is 24.3 Å². The molecule has 0 amide bonds. The van der Waals surface area contributed by atoms with E-state index in [0.29, 0.717) is 0 Å². The molecule has 1 aromatic heterocycles. The Morgan fingerprint density at radius 1 is 1.50 bits per heavy atom. The zero-order chi connectivity index (χ0) is 15.3. The lowest BCUT2D eigenvalue weighted by atomic mass is 10.2. The van der Waals surface area contributed by atoms with Gasteiger partial charge in [-0.15, -0.1) is 11.3 Å². The molecule has 0 aliphatic heterocycles. The van der Waals surface area contributed by atoms with Crippen LogP contribution in [0.25, 0.3) is 0 Å². The van der Waals surface area contributed by atoms with Crippen molar-refractivity contribution in [1.82, 2.24) is 4.72 Å². The molecule has 0 aliphatic rings. The summed E-state index contributed by atoms with van der Waals surface area (Å²) >= 11 is 6.44. The van der Waals surface area contributed by atoms with Gasteiger partial charge in [-0.3, -0.25) is 9.59 Å². The fourth-order valence-electron chi connectivity index (χ4n) is 1.28. The van der Waals surface area contributed by atoms with Crippen LogP contribution in [0.5, 0.6) is 0 Å². The molecule has 0 spiro atoms. The molecule has 112 valence electrons. The molecule has 1 unspecified atom stereocenters. The predicted octanol–water partition coefficient (Wildman–Crippen LogP) is 1.09. The van der Waals surface area contributed by atoms with Gasteiger partial charge in [-0.05, 0) is 18.6 Å². The predicted molar refractivity (Wildman–Crippen MR) is 72.3 cm³/mol. The van der Waals surface area contributed by atoms with Crippen LogP contribution in [0.2, 0.25) is 4.34 Å². The number of ether oxygens (including phenoxy) is 1. The molecule has 0 saturated carbocycles. The zero-order valence-corrected chi connectivity index (χ0v) is 12.7. The number of thiophene rings is 1. The highest BCUT2D eigenvalue weighted by Crippen LogP contribution is 2.25. The van der Waals surface area contributed by atoms with Gasteiger partial charge in [-0.1, -0.05) is 11.6 Å². The maximum atomic E-state index is 11.9. The lowest BCUT2D eigenvalue weighted by molar-refractivity contribution is -0.142. The monoisotopic (exact) mass is 341 g/mol. The number of esters is 1. The smallest absolute Gasteiger partial charge is 0.321 e. The van der Waals surface area contributed by atoms with Crippen molar-refractivity contribution in [1.29, 1.82) is 0 Å². The SMILES string of the molecule is COC(=O)CCC(NS(=O)(=O)c1ccc(Cl)s1)C(=O)O. The number of sulfonamides is 1. The van der Waals surface area contributed by atoms with Crippen molar-refractivity contribution in [3.05, 3.63) is 16.5 Å². The van der Waals surface area contributed by atoms with Gasteiger partial charge in [0.15, 0.2) is 0 Å². The van der Waals surface area contributed by atoms with E-state index in [1.807, 2.05) is 4.72 Å². The number of aliphatic carboxylic acids is 1. The van der Waals surface area contributed by atoms with E-state index < -0.39 is 28.0 Å². The molecule has 2 N–H and O–H groups in total. The summed E-state index contributed by atoms with van der Waals surface area (Å²) < 4.78 is 30.4. The normalized spacial score (nSPS) is 12.9. The summed E-state index contributed by atoms with van der Waals surface area (Å²) in [6, 6.07) is 1.25. The topological polar surface area (TPSA) is 110 Å². The zero-order valence-electron chi connectivity index (χ0n) is 10.3. The Bertz CT molecular complexity index is 597. The van der Waals surface area contributed by atoms with E-state index in [9.17, 15) is 18.0 Å². The second kappa shape index (κ2) is 7.02. The largest absolute Gasteiger partial charge is 0.480 e. The minimum absolute atomic E-state index is 0.0909. The Morgan fingerprint density at radius 2 is 2.15 bits per heavy atom. The van der Waals surface area contributed by atoms with Gasteiger partial charge in [0, 0.05) is 6.42 Å². The number of nitrogens with one attached hydrogen (secondary N) is 1. The summed E-state index contributed by atoms with van der Waals surface area (Å²) in [7, 11) is -2.82. The van der Waals surface area contributed by atoms with Crippen LogP contribution < -0.4 is 4.72 Å². The molecule has 0 saturated heterocycles. The summed E-state index contributed by atoms with van der Waals surface area (Å²) in [5.41, 5.74) is 0. The van der Waals surface area contributed by atoms with Crippen LogP contribution in [0.3, 0.4) is 0 Å². The highest BCUT2D eigenvalue weighted by atomic mass is 35.5. The number of carboxylic acid groups (broad SMARTS) is 1. The molecule has 1 heterocycles. The lowest BCUT2D eigenvalue weighted by Gasteiger charge is -2.13. The minimum atomic E-state index is -3.99. The molecule has 7 nitrogen and oxygen atoms in total. The summed E-state index contributed by atoms with van der Waals surface area (Å²) in [5, 5.41) is 8.97. The van der Waals surface area contributed by atoms with E-state index in [4.69, 9.17) is 16.7 Å². The number of rotatable bonds is 7. The van der Waals surface area contributed by atoms with Crippen LogP contribution in [0.15, 0.2) is 16.3 Å². The van der Waals surface area contributed by atoms with Crippen LogP contribution >= 0.6 is 22.9 Å². The Kier molecular flexibility index (Phi) is 5.93. The Morgan fingerprint density at radius 3 is 2.60 bits per heavy atom. The van der Waals surface area contributed by atoms with Gasteiger partial charge in [0.2, 0.25) is 0 Å². The molecule has 20 heavy (non-hydrogen) atoms. The molecule has 1 aromatic rings. The summed E-state index contributed by atoms with van der Waals surface area (Å²) in [4.78, 5) is 22.0. The number of hydrogen-bond acceptors (Lipinski definition) is 6. The third kappa shape index (κ3) is 4.75. The molecule has 0 aliphatic carbocycles. The van der Waals surface area contributed by atoms with Gasteiger partial charge in [0.25, 0.3) is 10.0 Å². The molecule has 0 aromatic carbocycles. The van der Waals surface area contributed by atoms with Gasteiger partial charge < -0.3 is 9.84 Å². The molecule has 1 rings (SSSR count). The molecule has 1 atom stereocenters. The third-order valence-electron chi connectivity index (χ3n) is 2.27. The van der Waals surface area contributed by atoms with E-state index in [1.54, 1.807) is 0 Å². The summed E-state index contributed by atoms with van der Waals surface area (Å²) in [5.74, 6) is -1.99. The van der Waals surface area contributed by atoms with Crippen molar-refractivity contribution in [2.75, 3.05) is 7.11 Å². The van der Waals surface area contributed by atoms with Crippen LogP contribution in [-0.4, -0.2) is 38.6 Å². The minimum Gasteiger partial charge on any atom is -0.480 e. The van der Waals surface area contributed by atoms with Crippen LogP contribution in [0, 0.1) is 0 Å². The first-order chi connectivity index (χ1) is 9.26. The third-order valence-corrected chi connectivity index (χ3v) is 5.47. The van der Waals surface area contributed by atoms with Gasteiger partial charge in [0.05, 0.1) is 11.4 Å². The van der Waals surface area contributed by atoms with E-state index in [1.165, 1.54) is 12.1 Å². The number of carboxylic acids is 1. The fraction of sp³-hybridized carbons (Fsp3) is 0.400. The molecule has 10 heteroatoms. The Balaban J connectivity index is 2.80. The fourth-order valence-corrected chi connectivity index (χ4v) is 4.01. The van der Waals surface area contributed by atoms with E-state index in [0.717, 1.165) is 18.4 Å². The molecule has 0 fully saturated rings. The Hall–Kier alpha value is -1.16. The first-order valence-electron chi connectivity index (χ1n) is 5.33. The average molecular weight is 342 g/mol. The van der Waals surface area contributed by atoms with Crippen molar-refractivity contribution >= 4 is 44.9 Å². The lowest BCUT2D eigenvalue weighted by Crippen LogP contribution is -2.40. The van der Waals surface area contributed by atoms with E-state index >= 15 is 0 Å². The number of halogens is 1. The van der Waals surface area contributed by atoms with Crippen molar-refractivity contribution in [3.8, 4) is 0 Å². The van der Waals surface area contributed by atoms with Crippen molar-refractivity contribution in [2.45, 2.75) is 23.1 Å². The van der Waals surface area contributed by atoms with Gasteiger partial charge in [-0.25, -0.2) is 8.42 Å². The second-order valence-electron chi connectivity index (χ2n) is 3.69. The van der Waals surface area contributed by atoms with Crippen LogP contribution in [0.4, 0.5) is 0 Å². The Labute approximate surface area is 124 Å². The van der Waals surface area contributed by atoms with Crippen molar-refractivity contribution in [3.63, 3.8) is 0 Å². The molecule has 0 bridgehead atoms. The van der Waals surface area contributed by atoms with Crippen LogP contribution in [0.1, 0.15) is 12.8 Å². The maximum absolute atomic E-state index is 11.9. The van der Waals surface area contributed by atoms with Crippen molar-refractivity contribution in [2.24, 2.45) is 0 Å². The first kappa shape index (κ1) is 16.9. The van der Waals surface area contributed by atoms with Gasteiger partial charge in [-0.2, -0.15) is 4.72 Å². The maximum Gasteiger partial charge on any atom is 0.321 e. The highest BCUT2D eigenvalue weighted by molar-refractivity contribution is 7.91. The number of carbonyl (C=O) groups excluding carboxylic acids is 1. The number of methoxy groups -OCH3 is 1. The number of carbonyl (C=O) groups is 2. The molecule has 0 radical (unpaired) electrons. The highest BCUT2D eigenvalue weighted by Gasteiger charge is 2.27. The quantitative estimate of drug-likeness (QED) is 0.718. The number of hydrogen-bond donors (Lipinski definition) is 2. The molecular formula is C10H12ClNO6S2. The summed E-state index contributed by atoms with van der Waals surface area (Å²) in [6.45, 7) is 0. The molecular weight excluding hydrogens is 330 g/mol. The second-order valence-corrected chi connectivity index (χ2v) is 7.34. The summed E-state index contributed by atoms with van der Waals surface area (Å²) in [6.07, 6.45) is -0.415. The average Bonchev–Trinajstić information content (AvgIpc) is 2.81.